The summed E-state index contributed by atoms with van der Waals surface area (Å²) < 4.78 is 0. The molecule has 0 spiro atoms. The number of rotatable bonds is 4. The van der Waals surface area contributed by atoms with Crippen molar-refractivity contribution in [1.29, 1.82) is 0 Å². The van der Waals surface area contributed by atoms with E-state index < -0.39 is 0 Å². The van der Waals surface area contributed by atoms with Crippen LogP contribution in [0.3, 0.4) is 0 Å². The molecule has 118 valence electrons. The summed E-state index contributed by atoms with van der Waals surface area (Å²) in [6.07, 6.45) is 6.47. The molecule has 0 saturated carbocycles. The first-order valence-electron chi connectivity index (χ1n) is 8.34. The van der Waals surface area contributed by atoms with Gasteiger partial charge in [0.05, 0.1) is 0 Å². The fourth-order valence-corrected chi connectivity index (χ4v) is 3.88. The van der Waals surface area contributed by atoms with Crippen LogP contribution in [0.1, 0.15) is 32.1 Å². The van der Waals surface area contributed by atoms with Gasteiger partial charge in [-0.2, -0.15) is 0 Å². The maximum atomic E-state index is 6.21. The average Bonchev–Trinajstić information content (AvgIpc) is 2.64. The second kappa shape index (κ2) is 7.21. The van der Waals surface area contributed by atoms with Crippen molar-refractivity contribution < 1.29 is 0 Å². The quantitative estimate of drug-likeness (QED) is 0.837. The SMILES string of the molecule is CN1CCC(CN(C)C2(CN)CCCN(C)CC2)CC1. The Bertz CT molecular complexity index is 288. The third-order valence-electron chi connectivity index (χ3n) is 5.70. The van der Waals surface area contributed by atoms with Crippen LogP contribution in [0.25, 0.3) is 0 Å². The van der Waals surface area contributed by atoms with Crippen molar-refractivity contribution in [3.05, 3.63) is 0 Å². The Labute approximate surface area is 125 Å². The molecule has 2 heterocycles. The number of likely N-dealkylation sites (tertiary alicyclic amines) is 2. The lowest BCUT2D eigenvalue weighted by Crippen LogP contribution is -2.54. The summed E-state index contributed by atoms with van der Waals surface area (Å²) in [5.74, 6) is 0.862. The monoisotopic (exact) mass is 282 g/mol. The number of hydrogen-bond donors (Lipinski definition) is 1. The summed E-state index contributed by atoms with van der Waals surface area (Å²) in [6.45, 7) is 6.98. The van der Waals surface area contributed by atoms with Crippen molar-refractivity contribution in [2.45, 2.75) is 37.6 Å². The lowest BCUT2D eigenvalue weighted by Gasteiger charge is -2.43. The highest BCUT2D eigenvalue weighted by Gasteiger charge is 2.35. The Morgan fingerprint density at radius 2 is 1.70 bits per heavy atom. The zero-order valence-corrected chi connectivity index (χ0v) is 13.8. The number of piperidine rings is 1. The molecule has 2 aliphatic heterocycles. The molecule has 4 heteroatoms. The van der Waals surface area contributed by atoms with Crippen LogP contribution in [0.5, 0.6) is 0 Å². The second-order valence-electron chi connectivity index (χ2n) is 7.21. The van der Waals surface area contributed by atoms with Gasteiger partial charge in [0.2, 0.25) is 0 Å². The van der Waals surface area contributed by atoms with Crippen molar-refractivity contribution >= 4 is 0 Å². The second-order valence-corrected chi connectivity index (χ2v) is 7.21. The van der Waals surface area contributed by atoms with Crippen LogP contribution >= 0.6 is 0 Å². The zero-order chi connectivity index (χ0) is 14.6. The Kier molecular flexibility index (Phi) is 5.84. The zero-order valence-electron chi connectivity index (χ0n) is 13.8. The Morgan fingerprint density at radius 3 is 2.35 bits per heavy atom. The minimum Gasteiger partial charge on any atom is -0.329 e. The van der Waals surface area contributed by atoms with E-state index >= 15 is 0 Å². The summed E-state index contributed by atoms with van der Waals surface area (Å²) in [7, 11) is 6.79. The largest absolute Gasteiger partial charge is 0.329 e. The molecule has 0 aliphatic carbocycles. The standard InChI is InChI=1S/C16H34N4/c1-18-9-4-7-16(14-17,8-12-18)20(3)13-15-5-10-19(2)11-6-15/h15H,4-14,17H2,1-3H3. The van der Waals surface area contributed by atoms with Crippen LogP contribution in [0.15, 0.2) is 0 Å². The fraction of sp³-hybridized carbons (Fsp3) is 1.00. The third-order valence-corrected chi connectivity index (χ3v) is 5.70. The molecule has 0 aromatic carbocycles. The minimum absolute atomic E-state index is 0.244. The summed E-state index contributed by atoms with van der Waals surface area (Å²) in [5, 5.41) is 0. The van der Waals surface area contributed by atoms with Crippen molar-refractivity contribution in [2.24, 2.45) is 11.7 Å². The van der Waals surface area contributed by atoms with Gasteiger partial charge in [0, 0.05) is 18.6 Å². The maximum Gasteiger partial charge on any atom is 0.0341 e. The van der Waals surface area contributed by atoms with E-state index in [-0.39, 0.29) is 5.54 Å². The molecule has 2 aliphatic rings. The Hall–Kier alpha value is -0.160. The van der Waals surface area contributed by atoms with Crippen molar-refractivity contribution in [1.82, 2.24) is 14.7 Å². The van der Waals surface area contributed by atoms with E-state index in [2.05, 4.69) is 35.8 Å². The molecule has 2 N–H and O–H groups in total. The number of likely N-dealkylation sites (N-methyl/N-ethyl adjacent to an activating group) is 1. The number of nitrogens with two attached hydrogens (primary N) is 1. The van der Waals surface area contributed by atoms with Gasteiger partial charge in [-0.05, 0) is 85.3 Å². The van der Waals surface area contributed by atoms with E-state index in [1.165, 1.54) is 64.8 Å². The Morgan fingerprint density at radius 1 is 1.05 bits per heavy atom. The van der Waals surface area contributed by atoms with E-state index in [0.717, 1.165) is 12.5 Å². The average molecular weight is 282 g/mol. The molecule has 2 fully saturated rings. The van der Waals surface area contributed by atoms with Gasteiger partial charge in [-0.1, -0.05) is 0 Å². The predicted molar refractivity (Wildman–Crippen MR) is 86.0 cm³/mol. The topological polar surface area (TPSA) is 35.7 Å². The molecule has 0 aromatic rings. The van der Waals surface area contributed by atoms with Gasteiger partial charge in [-0.15, -0.1) is 0 Å². The molecule has 1 unspecified atom stereocenters. The molecule has 0 aromatic heterocycles. The van der Waals surface area contributed by atoms with Gasteiger partial charge in [-0.25, -0.2) is 0 Å². The number of nitrogens with zero attached hydrogens (tertiary/aromatic N) is 3. The molecule has 20 heavy (non-hydrogen) atoms. The van der Waals surface area contributed by atoms with E-state index in [1.807, 2.05) is 0 Å². The third kappa shape index (κ3) is 3.94. The first kappa shape index (κ1) is 16.2. The molecule has 0 amide bonds. The minimum atomic E-state index is 0.244. The van der Waals surface area contributed by atoms with Gasteiger partial charge < -0.3 is 15.5 Å². The van der Waals surface area contributed by atoms with E-state index in [0.29, 0.717) is 0 Å². The normalized spacial score (nSPS) is 31.6. The highest BCUT2D eigenvalue weighted by Crippen LogP contribution is 2.29. The summed E-state index contributed by atoms with van der Waals surface area (Å²) >= 11 is 0. The predicted octanol–water partition coefficient (Wildman–Crippen LogP) is 1.07. The first-order valence-corrected chi connectivity index (χ1v) is 8.34. The Balaban J connectivity index is 1.92. The van der Waals surface area contributed by atoms with Gasteiger partial charge in [0.15, 0.2) is 0 Å². The highest BCUT2D eigenvalue weighted by molar-refractivity contribution is 4.94. The highest BCUT2D eigenvalue weighted by atomic mass is 15.2. The first-order chi connectivity index (χ1) is 9.55. The smallest absolute Gasteiger partial charge is 0.0341 e. The van der Waals surface area contributed by atoms with Gasteiger partial charge in [0.25, 0.3) is 0 Å². The van der Waals surface area contributed by atoms with Gasteiger partial charge >= 0.3 is 0 Å². The molecular weight excluding hydrogens is 248 g/mol. The molecular formula is C16H34N4. The van der Waals surface area contributed by atoms with Crippen molar-refractivity contribution in [3.63, 3.8) is 0 Å². The van der Waals surface area contributed by atoms with E-state index in [4.69, 9.17) is 5.73 Å². The molecule has 2 saturated heterocycles. The summed E-state index contributed by atoms with van der Waals surface area (Å²) in [4.78, 5) is 7.53. The van der Waals surface area contributed by atoms with Crippen LogP contribution in [0, 0.1) is 5.92 Å². The van der Waals surface area contributed by atoms with Crippen LogP contribution < -0.4 is 5.73 Å². The lowest BCUT2D eigenvalue weighted by atomic mass is 9.86. The summed E-state index contributed by atoms with van der Waals surface area (Å²) in [6, 6.07) is 0. The van der Waals surface area contributed by atoms with Crippen molar-refractivity contribution in [3.8, 4) is 0 Å². The molecule has 1 atom stereocenters. The van der Waals surface area contributed by atoms with E-state index in [1.54, 1.807) is 0 Å². The van der Waals surface area contributed by atoms with Gasteiger partial charge in [-0.3, -0.25) is 4.90 Å². The number of hydrogen-bond acceptors (Lipinski definition) is 4. The fourth-order valence-electron chi connectivity index (χ4n) is 3.88. The molecule has 0 radical (unpaired) electrons. The van der Waals surface area contributed by atoms with E-state index in [9.17, 15) is 0 Å². The van der Waals surface area contributed by atoms with Crippen LogP contribution in [0.4, 0.5) is 0 Å². The van der Waals surface area contributed by atoms with Crippen LogP contribution in [-0.4, -0.2) is 80.7 Å². The maximum absolute atomic E-state index is 6.21. The van der Waals surface area contributed by atoms with Crippen molar-refractivity contribution in [2.75, 3.05) is 60.4 Å². The molecule has 2 rings (SSSR count). The summed E-state index contributed by atoms with van der Waals surface area (Å²) in [5.41, 5.74) is 6.46. The molecule has 0 bridgehead atoms. The lowest BCUT2D eigenvalue weighted by molar-refractivity contribution is 0.0734. The molecule has 4 nitrogen and oxygen atoms in total. The van der Waals surface area contributed by atoms with Crippen LogP contribution in [-0.2, 0) is 0 Å². The van der Waals surface area contributed by atoms with Gasteiger partial charge in [0.1, 0.15) is 0 Å². The van der Waals surface area contributed by atoms with Crippen LogP contribution in [0.2, 0.25) is 0 Å².